The van der Waals surface area contributed by atoms with Crippen molar-refractivity contribution in [2.45, 2.75) is 44.9 Å². The molecule has 2 aromatic heterocycles. The van der Waals surface area contributed by atoms with Crippen LogP contribution in [0.1, 0.15) is 54.3 Å². The number of thiophene rings is 1. The van der Waals surface area contributed by atoms with Crippen LogP contribution in [0, 0.1) is 0 Å². The van der Waals surface area contributed by atoms with Crippen LogP contribution >= 0.6 is 22.9 Å². The molecule has 0 N–H and O–H groups in total. The molecule has 0 bridgehead atoms. The quantitative estimate of drug-likeness (QED) is 0.675. The highest BCUT2D eigenvalue weighted by molar-refractivity contribution is 7.12. The average Bonchev–Trinajstić information content (AvgIpc) is 2.96. The molecule has 0 saturated heterocycles. The zero-order chi connectivity index (χ0) is 13.3. The zero-order valence-electron chi connectivity index (χ0n) is 11.3. The summed E-state index contributed by atoms with van der Waals surface area (Å²) in [7, 11) is 0. The predicted octanol–water partition coefficient (Wildman–Crippen LogP) is 5.53. The lowest BCUT2D eigenvalue weighted by molar-refractivity contribution is 0.475. The van der Waals surface area contributed by atoms with Gasteiger partial charge in [0.25, 0.3) is 0 Å². The average molecular weight is 283 g/mol. The molecule has 0 radical (unpaired) electrons. The van der Waals surface area contributed by atoms with Gasteiger partial charge < -0.3 is 4.42 Å². The van der Waals surface area contributed by atoms with Gasteiger partial charge in [-0.15, -0.1) is 22.9 Å². The summed E-state index contributed by atoms with van der Waals surface area (Å²) in [6, 6.07) is 8.26. The second-order valence-corrected chi connectivity index (χ2v) is 7.02. The van der Waals surface area contributed by atoms with E-state index in [1.807, 2.05) is 12.1 Å². The van der Waals surface area contributed by atoms with Gasteiger partial charge in [-0.25, -0.2) is 0 Å². The standard InChI is InChI=1S/C15H19ClOS/c1-5-10-6-7-11(17-10)14(16)12-8-9-13(18-12)15(2,3)4/h6-9,14H,5H2,1-4H3. The first-order valence-electron chi connectivity index (χ1n) is 6.24. The fourth-order valence-electron chi connectivity index (χ4n) is 1.75. The lowest BCUT2D eigenvalue weighted by Crippen LogP contribution is -2.07. The second kappa shape index (κ2) is 5.10. The van der Waals surface area contributed by atoms with Crippen LogP contribution in [0.2, 0.25) is 0 Å². The molecule has 2 rings (SSSR count). The van der Waals surface area contributed by atoms with E-state index >= 15 is 0 Å². The van der Waals surface area contributed by atoms with Crippen molar-refractivity contribution in [3.63, 3.8) is 0 Å². The Bertz CT molecular complexity index is 519. The number of hydrogen-bond acceptors (Lipinski definition) is 2. The molecule has 0 aliphatic heterocycles. The maximum atomic E-state index is 6.48. The molecule has 0 aromatic carbocycles. The van der Waals surface area contributed by atoms with Crippen LogP contribution in [0.4, 0.5) is 0 Å². The molecule has 1 atom stereocenters. The lowest BCUT2D eigenvalue weighted by atomic mass is 9.95. The van der Waals surface area contributed by atoms with Gasteiger partial charge in [0, 0.05) is 16.2 Å². The monoisotopic (exact) mass is 282 g/mol. The molecule has 1 nitrogen and oxygen atoms in total. The largest absolute Gasteiger partial charge is 0.464 e. The summed E-state index contributed by atoms with van der Waals surface area (Å²) in [4.78, 5) is 2.50. The zero-order valence-corrected chi connectivity index (χ0v) is 12.9. The highest BCUT2D eigenvalue weighted by Gasteiger charge is 2.21. The molecular formula is C15H19ClOS. The summed E-state index contributed by atoms with van der Waals surface area (Å²) in [5.41, 5.74) is 0.178. The first-order chi connectivity index (χ1) is 8.41. The van der Waals surface area contributed by atoms with Crippen molar-refractivity contribution < 1.29 is 4.42 Å². The van der Waals surface area contributed by atoms with Gasteiger partial charge in [0.15, 0.2) is 0 Å². The molecule has 0 fully saturated rings. The van der Waals surface area contributed by atoms with Gasteiger partial charge in [-0.1, -0.05) is 27.7 Å². The van der Waals surface area contributed by atoms with E-state index in [-0.39, 0.29) is 10.8 Å². The molecule has 2 heterocycles. The summed E-state index contributed by atoms with van der Waals surface area (Å²) in [5.74, 6) is 1.83. The number of hydrogen-bond donors (Lipinski definition) is 0. The normalized spacial score (nSPS) is 13.8. The van der Waals surface area contributed by atoms with Crippen molar-refractivity contribution in [3.05, 3.63) is 45.5 Å². The Hall–Kier alpha value is -0.730. The maximum absolute atomic E-state index is 6.48. The van der Waals surface area contributed by atoms with E-state index in [4.69, 9.17) is 16.0 Å². The van der Waals surface area contributed by atoms with Crippen LogP contribution in [0.3, 0.4) is 0 Å². The molecule has 18 heavy (non-hydrogen) atoms. The van der Waals surface area contributed by atoms with E-state index in [9.17, 15) is 0 Å². The number of rotatable bonds is 3. The van der Waals surface area contributed by atoms with Crippen LogP contribution in [-0.2, 0) is 11.8 Å². The molecule has 0 saturated carbocycles. The smallest absolute Gasteiger partial charge is 0.127 e. The highest BCUT2D eigenvalue weighted by atomic mass is 35.5. The SMILES string of the molecule is CCc1ccc(C(Cl)c2ccc(C(C)(C)C)s2)o1. The van der Waals surface area contributed by atoms with Crippen molar-refractivity contribution in [2.75, 3.05) is 0 Å². The summed E-state index contributed by atoms with van der Waals surface area (Å²) in [6.45, 7) is 8.73. The summed E-state index contributed by atoms with van der Waals surface area (Å²) >= 11 is 8.25. The van der Waals surface area contributed by atoms with E-state index < -0.39 is 0 Å². The van der Waals surface area contributed by atoms with E-state index in [0.717, 1.165) is 22.8 Å². The molecule has 1 unspecified atom stereocenters. The van der Waals surface area contributed by atoms with Gasteiger partial charge in [0.1, 0.15) is 16.9 Å². The van der Waals surface area contributed by atoms with Crippen LogP contribution in [0.25, 0.3) is 0 Å². The van der Waals surface area contributed by atoms with Crippen molar-refractivity contribution in [2.24, 2.45) is 0 Å². The van der Waals surface area contributed by atoms with Crippen LogP contribution in [0.15, 0.2) is 28.7 Å². The Morgan fingerprint density at radius 3 is 2.44 bits per heavy atom. The Morgan fingerprint density at radius 1 is 1.22 bits per heavy atom. The number of halogens is 1. The minimum Gasteiger partial charge on any atom is -0.464 e. The Kier molecular flexibility index (Phi) is 3.88. The van der Waals surface area contributed by atoms with Gasteiger partial charge in [-0.05, 0) is 29.7 Å². The fraction of sp³-hybridized carbons (Fsp3) is 0.467. The number of furan rings is 1. The Labute approximate surface area is 118 Å². The molecule has 0 spiro atoms. The first kappa shape index (κ1) is 13.7. The molecule has 0 amide bonds. The third-order valence-electron chi connectivity index (χ3n) is 2.90. The minimum atomic E-state index is -0.175. The van der Waals surface area contributed by atoms with E-state index in [1.165, 1.54) is 4.88 Å². The third-order valence-corrected chi connectivity index (χ3v) is 5.05. The molecule has 0 aliphatic rings. The Balaban J connectivity index is 2.23. The van der Waals surface area contributed by atoms with Gasteiger partial charge in [0.2, 0.25) is 0 Å². The second-order valence-electron chi connectivity index (χ2n) is 5.47. The molecule has 98 valence electrons. The number of aryl methyl sites for hydroxylation is 1. The highest BCUT2D eigenvalue weighted by Crippen LogP contribution is 2.38. The maximum Gasteiger partial charge on any atom is 0.127 e. The summed E-state index contributed by atoms with van der Waals surface area (Å²) in [5, 5.41) is -0.175. The third kappa shape index (κ3) is 2.81. The van der Waals surface area contributed by atoms with Crippen molar-refractivity contribution in [1.29, 1.82) is 0 Å². The topological polar surface area (TPSA) is 13.1 Å². The van der Waals surface area contributed by atoms with Gasteiger partial charge in [-0.3, -0.25) is 0 Å². The molecule has 0 aliphatic carbocycles. The molecule has 3 heteroatoms. The summed E-state index contributed by atoms with van der Waals surface area (Å²) in [6.07, 6.45) is 0.904. The van der Waals surface area contributed by atoms with Crippen molar-refractivity contribution >= 4 is 22.9 Å². The van der Waals surface area contributed by atoms with Crippen molar-refractivity contribution in [3.8, 4) is 0 Å². The predicted molar refractivity (Wildman–Crippen MR) is 78.8 cm³/mol. The summed E-state index contributed by atoms with van der Waals surface area (Å²) < 4.78 is 5.72. The Morgan fingerprint density at radius 2 is 1.94 bits per heavy atom. The number of alkyl halides is 1. The molecule has 2 aromatic rings. The molecular weight excluding hydrogens is 264 g/mol. The fourth-order valence-corrected chi connectivity index (χ4v) is 3.13. The lowest BCUT2D eigenvalue weighted by Gasteiger charge is -2.15. The van der Waals surface area contributed by atoms with Gasteiger partial charge in [-0.2, -0.15) is 0 Å². The van der Waals surface area contributed by atoms with E-state index in [2.05, 4.69) is 39.8 Å². The van der Waals surface area contributed by atoms with Crippen LogP contribution in [-0.4, -0.2) is 0 Å². The van der Waals surface area contributed by atoms with Crippen molar-refractivity contribution in [1.82, 2.24) is 0 Å². The van der Waals surface area contributed by atoms with E-state index in [1.54, 1.807) is 11.3 Å². The van der Waals surface area contributed by atoms with Gasteiger partial charge in [0.05, 0.1) is 0 Å². The van der Waals surface area contributed by atoms with E-state index in [0.29, 0.717) is 0 Å². The van der Waals surface area contributed by atoms with Crippen LogP contribution in [0.5, 0.6) is 0 Å². The van der Waals surface area contributed by atoms with Crippen LogP contribution < -0.4 is 0 Å². The minimum absolute atomic E-state index is 0.175. The van der Waals surface area contributed by atoms with Gasteiger partial charge >= 0.3 is 0 Å². The first-order valence-corrected chi connectivity index (χ1v) is 7.50.